The highest BCUT2D eigenvalue weighted by atomic mass is 19.2. The van der Waals surface area contributed by atoms with Crippen molar-refractivity contribution in [1.82, 2.24) is 0 Å². The fourth-order valence-corrected chi connectivity index (χ4v) is 1.97. The van der Waals surface area contributed by atoms with Crippen molar-refractivity contribution < 1.29 is 8.78 Å². The average molecular weight is 201 g/mol. The van der Waals surface area contributed by atoms with Crippen LogP contribution in [-0.4, -0.2) is 0 Å². The molecule has 0 aromatic heterocycles. The Balaban J connectivity index is 2.31. The first-order chi connectivity index (χ1) is 7.27. The van der Waals surface area contributed by atoms with E-state index in [0.717, 1.165) is 16.7 Å². The monoisotopic (exact) mass is 201 g/mol. The van der Waals surface area contributed by atoms with Crippen LogP contribution < -0.4 is 0 Å². The average Bonchev–Trinajstić information content (AvgIpc) is 2.63. The second-order valence-corrected chi connectivity index (χ2v) is 3.55. The Hall–Kier alpha value is -1.70. The van der Waals surface area contributed by atoms with E-state index < -0.39 is 11.6 Å². The van der Waals surface area contributed by atoms with E-state index in [9.17, 15) is 8.78 Å². The van der Waals surface area contributed by atoms with E-state index in [4.69, 9.17) is 0 Å². The molecule has 2 aromatic carbocycles. The molecule has 0 atom stereocenters. The summed E-state index contributed by atoms with van der Waals surface area (Å²) in [6.07, 6.45) is 1.68. The fraction of sp³-hybridized carbons (Fsp3) is 0. The molecule has 0 spiro atoms. The molecule has 0 aliphatic heterocycles. The van der Waals surface area contributed by atoms with Crippen LogP contribution in [-0.2, 0) is 0 Å². The van der Waals surface area contributed by atoms with Gasteiger partial charge in [0, 0.05) is 12.0 Å². The van der Waals surface area contributed by atoms with E-state index in [1.165, 1.54) is 6.07 Å². The summed E-state index contributed by atoms with van der Waals surface area (Å²) in [7, 11) is 0. The number of benzene rings is 2. The fourth-order valence-electron chi connectivity index (χ4n) is 1.97. The molecule has 1 aliphatic carbocycles. The summed E-state index contributed by atoms with van der Waals surface area (Å²) in [6.45, 7) is 0. The van der Waals surface area contributed by atoms with Gasteiger partial charge in [-0.05, 0) is 22.8 Å². The lowest BCUT2D eigenvalue weighted by Crippen LogP contribution is -1.90. The Morgan fingerprint density at radius 2 is 1.60 bits per heavy atom. The molecule has 0 heterocycles. The van der Waals surface area contributed by atoms with Crippen molar-refractivity contribution in [2.75, 3.05) is 0 Å². The molecule has 0 nitrogen and oxygen atoms in total. The molecule has 0 N–H and O–H groups in total. The van der Waals surface area contributed by atoms with Crippen LogP contribution in [0.15, 0.2) is 36.4 Å². The van der Waals surface area contributed by atoms with Crippen molar-refractivity contribution in [2.24, 2.45) is 0 Å². The van der Waals surface area contributed by atoms with Crippen LogP contribution in [0.2, 0.25) is 0 Å². The maximum Gasteiger partial charge on any atom is 0.163 e. The van der Waals surface area contributed by atoms with Gasteiger partial charge < -0.3 is 0 Å². The van der Waals surface area contributed by atoms with Crippen LogP contribution in [0, 0.1) is 18.1 Å². The van der Waals surface area contributed by atoms with Crippen molar-refractivity contribution in [1.29, 1.82) is 0 Å². The van der Waals surface area contributed by atoms with Gasteiger partial charge in [-0.15, -0.1) is 0 Å². The van der Waals surface area contributed by atoms with Crippen molar-refractivity contribution in [3.63, 3.8) is 0 Å². The van der Waals surface area contributed by atoms with Gasteiger partial charge in [0.15, 0.2) is 11.6 Å². The van der Waals surface area contributed by atoms with Gasteiger partial charge in [-0.25, -0.2) is 8.78 Å². The van der Waals surface area contributed by atoms with Gasteiger partial charge in [0.05, 0.1) is 0 Å². The van der Waals surface area contributed by atoms with Crippen molar-refractivity contribution in [3.8, 4) is 11.1 Å². The molecule has 0 unspecified atom stereocenters. The lowest BCUT2D eigenvalue weighted by atomic mass is 10.1. The van der Waals surface area contributed by atoms with Crippen LogP contribution in [0.25, 0.3) is 11.1 Å². The van der Waals surface area contributed by atoms with E-state index >= 15 is 0 Å². The van der Waals surface area contributed by atoms with Crippen LogP contribution in [0.4, 0.5) is 8.78 Å². The molecule has 73 valence electrons. The first kappa shape index (κ1) is 8.60. The Labute approximate surface area is 86.2 Å². The van der Waals surface area contributed by atoms with Gasteiger partial charge in [0.25, 0.3) is 0 Å². The molecule has 3 rings (SSSR count). The zero-order chi connectivity index (χ0) is 10.4. The molecule has 0 amide bonds. The lowest BCUT2D eigenvalue weighted by Gasteiger charge is -2.01. The molecule has 0 saturated carbocycles. The minimum absolute atomic E-state index is 0.358. The molecular weight excluding hydrogens is 194 g/mol. The molecule has 0 bridgehead atoms. The van der Waals surface area contributed by atoms with Crippen molar-refractivity contribution in [2.45, 2.75) is 0 Å². The largest absolute Gasteiger partial charge is 0.204 e. The van der Waals surface area contributed by atoms with Gasteiger partial charge in [-0.2, -0.15) is 0 Å². The van der Waals surface area contributed by atoms with Crippen molar-refractivity contribution in [3.05, 3.63) is 65.6 Å². The quantitative estimate of drug-likeness (QED) is 0.521. The maximum absolute atomic E-state index is 13.5. The summed E-state index contributed by atoms with van der Waals surface area (Å²) in [5.41, 5.74) is 3.03. The summed E-state index contributed by atoms with van der Waals surface area (Å²) in [5.74, 6) is -1.55. The van der Waals surface area contributed by atoms with Gasteiger partial charge >= 0.3 is 0 Å². The Morgan fingerprint density at radius 1 is 0.800 bits per heavy atom. The van der Waals surface area contributed by atoms with E-state index in [-0.39, 0.29) is 0 Å². The smallest absolute Gasteiger partial charge is 0.163 e. The topological polar surface area (TPSA) is 0 Å². The third kappa shape index (κ3) is 1.11. The van der Waals surface area contributed by atoms with Crippen LogP contribution in [0.3, 0.4) is 0 Å². The van der Waals surface area contributed by atoms with Gasteiger partial charge in [0.1, 0.15) is 0 Å². The number of hydrogen-bond acceptors (Lipinski definition) is 0. The maximum atomic E-state index is 13.5. The number of hydrogen-bond donors (Lipinski definition) is 0. The predicted molar refractivity (Wildman–Crippen MR) is 54.3 cm³/mol. The Bertz CT molecular complexity index is 544. The first-order valence-corrected chi connectivity index (χ1v) is 4.69. The Kier molecular flexibility index (Phi) is 1.66. The molecule has 1 radical (unpaired) electrons. The lowest BCUT2D eigenvalue weighted by molar-refractivity contribution is 0.505. The predicted octanol–water partition coefficient (Wildman–Crippen LogP) is 3.55. The van der Waals surface area contributed by atoms with E-state index in [1.54, 1.807) is 12.5 Å². The number of halogens is 2. The summed E-state index contributed by atoms with van der Waals surface area (Å²) >= 11 is 0. The first-order valence-electron chi connectivity index (χ1n) is 4.69. The molecular formula is C13H7F2. The normalized spacial score (nSPS) is 12.4. The number of rotatable bonds is 0. The summed E-state index contributed by atoms with van der Waals surface area (Å²) in [5, 5.41) is 0. The molecule has 1 aliphatic rings. The minimum atomic E-state index is -0.794. The highest BCUT2D eigenvalue weighted by Crippen LogP contribution is 2.39. The van der Waals surface area contributed by atoms with Crippen LogP contribution in [0.1, 0.15) is 11.1 Å². The van der Waals surface area contributed by atoms with E-state index in [1.807, 2.05) is 24.3 Å². The summed E-state index contributed by atoms with van der Waals surface area (Å²) < 4.78 is 26.5. The standard InChI is InChI=1S/C13H7F2/c14-12-6-5-10-9-4-2-1-3-8(9)7-11(10)13(12)15/h1-7H. The minimum Gasteiger partial charge on any atom is -0.204 e. The molecule has 0 saturated heterocycles. The third-order valence-electron chi connectivity index (χ3n) is 2.68. The second-order valence-electron chi connectivity index (χ2n) is 3.55. The highest BCUT2D eigenvalue weighted by molar-refractivity contribution is 5.81. The zero-order valence-corrected chi connectivity index (χ0v) is 7.80. The van der Waals surface area contributed by atoms with Gasteiger partial charge in [-0.1, -0.05) is 30.3 Å². The molecule has 0 fully saturated rings. The van der Waals surface area contributed by atoms with E-state index in [2.05, 4.69) is 0 Å². The summed E-state index contributed by atoms with van der Waals surface area (Å²) in [4.78, 5) is 0. The van der Waals surface area contributed by atoms with Crippen molar-refractivity contribution >= 4 is 0 Å². The Morgan fingerprint density at radius 3 is 2.47 bits per heavy atom. The van der Waals surface area contributed by atoms with Gasteiger partial charge in [-0.3, -0.25) is 0 Å². The van der Waals surface area contributed by atoms with Gasteiger partial charge in [0.2, 0.25) is 0 Å². The second kappa shape index (κ2) is 2.89. The van der Waals surface area contributed by atoms with E-state index in [0.29, 0.717) is 5.56 Å². The zero-order valence-electron chi connectivity index (χ0n) is 7.80. The number of fused-ring (bicyclic) bond motifs is 3. The molecule has 15 heavy (non-hydrogen) atoms. The molecule has 2 heteroatoms. The van der Waals surface area contributed by atoms with Crippen LogP contribution >= 0.6 is 0 Å². The third-order valence-corrected chi connectivity index (χ3v) is 2.68. The van der Waals surface area contributed by atoms with Crippen LogP contribution in [0.5, 0.6) is 0 Å². The highest BCUT2D eigenvalue weighted by Gasteiger charge is 2.23. The SMILES string of the molecule is Fc1ccc2c(c1F)[CH]c1ccccc1-2. The molecule has 2 aromatic rings. The summed E-state index contributed by atoms with van der Waals surface area (Å²) in [6, 6.07) is 10.4.